The highest BCUT2D eigenvalue weighted by molar-refractivity contribution is 5.88. The lowest BCUT2D eigenvalue weighted by atomic mass is 9.91. The van der Waals surface area contributed by atoms with Crippen molar-refractivity contribution in [2.24, 2.45) is 0 Å². The van der Waals surface area contributed by atoms with E-state index in [2.05, 4.69) is 4.90 Å². The first-order valence-corrected chi connectivity index (χ1v) is 5.83. The molecule has 5 nitrogen and oxygen atoms in total. The zero-order valence-corrected chi connectivity index (χ0v) is 9.83. The van der Waals surface area contributed by atoms with E-state index >= 15 is 0 Å². The van der Waals surface area contributed by atoms with Gasteiger partial charge in [0.1, 0.15) is 11.4 Å². The zero-order valence-electron chi connectivity index (χ0n) is 9.83. The number of rotatable bonds is 2. The van der Waals surface area contributed by atoms with Crippen molar-refractivity contribution in [2.75, 3.05) is 46.6 Å². The van der Waals surface area contributed by atoms with Gasteiger partial charge in [-0.2, -0.15) is 0 Å². The van der Waals surface area contributed by atoms with E-state index in [0.29, 0.717) is 32.3 Å². The number of hydrogen-bond donors (Lipinski definition) is 1. The smallest absolute Gasteiger partial charge is 0.129 e. The molecule has 0 aliphatic carbocycles. The summed E-state index contributed by atoms with van der Waals surface area (Å²) in [6, 6.07) is 0. The average Bonchev–Trinajstić information content (AvgIpc) is 2.39. The van der Waals surface area contributed by atoms with Gasteiger partial charge in [-0.25, -0.2) is 0 Å². The molecule has 92 valence electrons. The number of nitrogens with one attached hydrogen (secondary N) is 1. The van der Waals surface area contributed by atoms with E-state index in [0.717, 1.165) is 25.9 Å². The van der Waals surface area contributed by atoms with Crippen molar-refractivity contribution in [1.29, 1.82) is 5.41 Å². The second-order valence-electron chi connectivity index (χ2n) is 4.26. The molecule has 16 heavy (non-hydrogen) atoms. The van der Waals surface area contributed by atoms with Gasteiger partial charge in [0.15, 0.2) is 0 Å². The third-order valence-corrected chi connectivity index (χ3v) is 3.45. The van der Waals surface area contributed by atoms with Crippen LogP contribution in [-0.4, -0.2) is 63.0 Å². The quantitative estimate of drug-likeness (QED) is 0.552. The van der Waals surface area contributed by atoms with Gasteiger partial charge in [0, 0.05) is 46.3 Å². The van der Waals surface area contributed by atoms with E-state index in [-0.39, 0.29) is 0 Å². The van der Waals surface area contributed by atoms with Crippen LogP contribution < -0.4 is 0 Å². The van der Waals surface area contributed by atoms with Gasteiger partial charge in [-0.05, 0) is 0 Å². The van der Waals surface area contributed by atoms with Crippen molar-refractivity contribution in [3.05, 3.63) is 0 Å². The first kappa shape index (κ1) is 11.8. The van der Waals surface area contributed by atoms with E-state index in [1.54, 1.807) is 7.11 Å². The Morgan fingerprint density at radius 1 is 1.12 bits per heavy atom. The fourth-order valence-electron chi connectivity index (χ4n) is 2.31. The van der Waals surface area contributed by atoms with Gasteiger partial charge in [-0.1, -0.05) is 0 Å². The van der Waals surface area contributed by atoms with E-state index in [9.17, 15) is 0 Å². The van der Waals surface area contributed by atoms with Gasteiger partial charge in [-0.3, -0.25) is 5.41 Å². The fraction of sp³-hybridized carbons (Fsp3) is 0.909. The molecule has 2 fully saturated rings. The highest BCUT2D eigenvalue weighted by Crippen LogP contribution is 2.27. The average molecular weight is 228 g/mol. The molecule has 2 aliphatic rings. The predicted octanol–water partition coefficient (Wildman–Crippen LogP) is 0.491. The summed E-state index contributed by atoms with van der Waals surface area (Å²) in [5.41, 5.74) is -0.435. The van der Waals surface area contributed by atoms with Crippen LogP contribution in [0.1, 0.15) is 12.8 Å². The monoisotopic (exact) mass is 228 g/mol. The summed E-state index contributed by atoms with van der Waals surface area (Å²) in [6.07, 6.45) is 1.55. The minimum Gasteiger partial charge on any atom is -0.381 e. The van der Waals surface area contributed by atoms with Crippen LogP contribution in [0.3, 0.4) is 0 Å². The van der Waals surface area contributed by atoms with Crippen LogP contribution in [0.25, 0.3) is 0 Å². The lowest BCUT2D eigenvalue weighted by Gasteiger charge is -2.42. The number of amidine groups is 1. The maximum absolute atomic E-state index is 8.32. The Morgan fingerprint density at radius 2 is 1.69 bits per heavy atom. The predicted molar refractivity (Wildman–Crippen MR) is 59.9 cm³/mol. The Morgan fingerprint density at radius 3 is 2.25 bits per heavy atom. The summed E-state index contributed by atoms with van der Waals surface area (Å²) in [7, 11) is 1.69. The molecule has 5 heteroatoms. The number of morpholine rings is 1. The van der Waals surface area contributed by atoms with Crippen LogP contribution in [-0.2, 0) is 14.2 Å². The fourth-order valence-corrected chi connectivity index (χ4v) is 2.31. The molecule has 2 aliphatic heterocycles. The van der Waals surface area contributed by atoms with Crippen LogP contribution in [0.5, 0.6) is 0 Å². The number of methoxy groups -OCH3 is 1. The van der Waals surface area contributed by atoms with Gasteiger partial charge < -0.3 is 19.1 Å². The molecule has 0 radical (unpaired) electrons. The molecule has 0 bridgehead atoms. The number of nitrogens with zero attached hydrogens (tertiary/aromatic N) is 1. The second-order valence-corrected chi connectivity index (χ2v) is 4.26. The minimum absolute atomic E-state index is 0.435. The molecule has 0 spiro atoms. The highest BCUT2D eigenvalue weighted by Gasteiger charge is 2.40. The maximum atomic E-state index is 8.32. The molecule has 0 atom stereocenters. The van der Waals surface area contributed by atoms with Crippen molar-refractivity contribution in [2.45, 2.75) is 18.4 Å². The summed E-state index contributed by atoms with van der Waals surface area (Å²) < 4.78 is 16.3. The summed E-state index contributed by atoms with van der Waals surface area (Å²) in [5, 5.41) is 8.32. The van der Waals surface area contributed by atoms with Crippen molar-refractivity contribution in [3.8, 4) is 0 Å². The minimum atomic E-state index is -0.435. The van der Waals surface area contributed by atoms with Gasteiger partial charge in [0.25, 0.3) is 0 Å². The van der Waals surface area contributed by atoms with Crippen LogP contribution in [0.15, 0.2) is 0 Å². The Labute approximate surface area is 96.2 Å². The second kappa shape index (κ2) is 5.12. The Bertz CT molecular complexity index is 246. The van der Waals surface area contributed by atoms with Crippen LogP contribution in [0.4, 0.5) is 0 Å². The van der Waals surface area contributed by atoms with Gasteiger partial charge in [0.2, 0.25) is 0 Å². The summed E-state index contributed by atoms with van der Waals surface area (Å²) >= 11 is 0. The van der Waals surface area contributed by atoms with Crippen LogP contribution >= 0.6 is 0 Å². The normalized spacial score (nSPS) is 25.4. The van der Waals surface area contributed by atoms with Crippen molar-refractivity contribution < 1.29 is 14.2 Å². The molecule has 0 aromatic carbocycles. The molecule has 2 saturated heterocycles. The molecule has 0 aromatic heterocycles. The Balaban J connectivity index is 2.04. The van der Waals surface area contributed by atoms with E-state index in [1.165, 1.54) is 0 Å². The molecular formula is C11H20N2O3. The standard InChI is InChI=1S/C11H20N2O3/c1-14-11(2-6-15-7-3-11)10(12)13-4-8-16-9-5-13/h12H,2-9H2,1H3. The summed E-state index contributed by atoms with van der Waals surface area (Å²) in [5.74, 6) is 0.599. The molecule has 1 N–H and O–H groups in total. The van der Waals surface area contributed by atoms with Crippen molar-refractivity contribution in [1.82, 2.24) is 4.90 Å². The molecule has 0 saturated carbocycles. The summed E-state index contributed by atoms with van der Waals surface area (Å²) in [4.78, 5) is 2.07. The highest BCUT2D eigenvalue weighted by atomic mass is 16.5. The largest absolute Gasteiger partial charge is 0.381 e. The van der Waals surface area contributed by atoms with Gasteiger partial charge in [-0.15, -0.1) is 0 Å². The van der Waals surface area contributed by atoms with Crippen molar-refractivity contribution in [3.63, 3.8) is 0 Å². The summed E-state index contributed by atoms with van der Waals surface area (Å²) in [6.45, 7) is 4.37. The Hall–Kier alpha value is -0.650. The molecule has 2 rings (SSSR count). The van der Waals surface area contributed by atoms with E-state index in [1.807, 2.05) is 0 Å². The lowest BCUT2D eigenvalue weighted by Crippen LogP contribution is -2.55. The van der Waals surface area contributed by atoms with E-state index in [4.69, 9.17) is 19.6 Å². The number of hydrogen-bond acceptors (Lipinski definition) is 4. The zero-order chi connectivity index (χ0) is 11.4. The molecule has 0 unspecified atom stereocenters. The van der Waals surface area contributed by atoms with Crippen LogP contribution in [0, 0.1) is 5.41 Å². The van der Waals surface area contributed by atoms with Crippen LogP contribution in [0.2, 0.25) is 0 Å². The molecular weight excluding hydrogens is 208 g/mol. The Kier molecular flexibility index (Phi) is 3.78. The molecule has 0 amide bonds. The topological polar surface area (TPSA) is 54.8 Å². The third-order valence-electron chi connectivity index (χ3n) is 3.45. The maximum Gasteiger partial charge on any atom is 0.129 e. The molecule has 2 heterocycles. The first-order chi connectivity index (χ1) is 7.78. The molecule has 0 aromatic rings. The lowest BCUT2D eigenvalue weighted by molar-refractivity contribution is -0.0561. The first-order valence-electron chi connectivity index (χ1n) is 5.83. The van der Waals surface area contributed by atoms with Gasteiger partial charge >= 0.3 is 0 Å². The number of ether oxygens (including phenoxy) is 3. The van der Waals surface area contributed by atoms with Crippen molar-refractivity contribution >= 4 is 5.84 Å². The van der Waals surface area contributed by atoms with Gasteiger partial charge in [0.05, 0.1) is 13.2 Å². The SMILES string of the molecule is COC1(C(=N)N2CCOCC2)CCOCC1. The van der Waals surface area contributed by atoms with E-state index < -0.39 is 5.60 Å². The third kappa shape index (κ3) is 2.21.